The van der Waals surface area contributed by atoms with Crippen LogP contribution in [-0.2, 0) is 9.53 Å². The standard InChI is InChI=1S/C13H19N3O.C2HF3O2/c1-8-5-15-16(9-6-17-7-9)13(8)10-2-3-14-12-4-11(10)12;3-2(4,5)1(6)7/h5,9-12,14H,2-4,6-7H2,1H3;(H,6,7). The highest BCUT2D eigenvalue weighted by molar-refractivity contribution is 5.73. The van der Waals surface area contributed by atoms with Crippen LogP contribution in [0.1, 0.15) is 36.1 Å². The molecule has 1 aromatic rings. The summed E-state index contributed by atoms with van der Waals surface area (Å²) in [4.78, 5) is 8.90. The van der Waals surface area contributed by atoms with E-state index in [1.165, 1.54) is 24.1 Å². The number of halogens is 3. The molecule has 24 heavy (non-hydrogen) atoms. The molecule has 134 valence electrons. The number of hydrogen-bond donors (Lipinski definition) is 2. The first-order chi connectivity index (χ1) is 11.3. The molecule has 3 unspecified atom stereocenters. The van der Waals surface area contributed by atoms with Crippen molar-refractivity contribution in [3.05, 3.63) is 17.5 Å². The number of aromatic nitrogens is 2. The van der Waals surface area contributed by atoms with E-state index < -0.39 is 12.1 Å². The summed E-state index contributed by atoms with van der Waals surface area (Å²) in [6.45, 7) is 5.05. The lowest BCUT2D eigenvalue weighted by molar-refractivity contribution is -0.192. The van der Waals surface area contributed by atoms with Gasteiger partial charge in [0.05, 0.1) is 25.5 Å². The zero-order chi connectivity index (χ0) is 17.5. The molecule has 6 nitrogen and oxygen atoms in total. The number of carboxylic acids is 1. The van der Waals surface area contributed by atoms with Gasteiger partial charge in [-0.25, -0.2) is 4.79 Å². The smallest absolute Gasteiger partial charge is 0.475 e. The molecule has 0 amide bonds. The Morgan fingerprint density at radius 2 is 2.12 bits per heavy atom. The van der Waals surface area contributed by atoms with Gasteiger partial charge in [0.1, 0.15) is 0 Å². The van der Waals surface area contributed by atoms with E-state index in [9.17, 15) is 13.2 Å². The van der Waals surface area contributed by atoms with E-state index >= 15 is 0 Å². The molecule has 1 aromatic heterocycles. The summed E-state index contributed by atoms with van der Waals surface area (Å²) in [7, 11) is 0. The minimum Gasteiger partial charge on any atom is -0.475 e. The molecule has 3 fully saturated rings. The molecular weight excluding hydrogens is 327 g/mol. The molecule has 9 heteroatoms. The van der Waals surface area contributed by atoms with Gasteiger partial charge in [0.2, 0.25) is 0 Å². The first kappa shape index (κ1) is 17.2. The number of aliphatic carboxylic acids is 1. The van der Waals surface area contributed by atoms with Crippen molar-refractivity contribution in [2.45, 2.75) is 43.9 Å². The second kappa shape index (κ2) is 6.36. The van der Waals surface area contributed by atoms with Crippen molar-refractivity contribution >= 4 is 5.97 Å². The quantitative estimate of drug-likeness (QED) is 0.854. The summed E-state index contributed by atoms with van der Waals surface area (Å²) in [5.74, 6) is -1.17. The highest BCUT2D eigenvalue weighted by Crippen LogP contribution is 2.48. The predicted molar refractivity (Wildman–Crippen MR) is 77.8 cm³/mol. The van der Waals surface area contributed by atoms with Gasteiger partial charge in [-0.2, -0.15) is 18.3 Å². The fourth-order valence-electron chi connectivity index (χ4n) is 3.45. The SMILES string of the molecule is Cc1cnn(C2COC2)c1C1CCNC2CC21.O=C(O)C(F)(F)F. The van der Waals surface area contributed by atoms with E-state index in [0.29, 0.717) is 6.04 Å². The first-order valence-corrected chi connectivity index (χ1v) is 7.94. The van der Waals surface area contributed by atoms with Crippen molar-refractivity contribution in [1.82, 2.24) is 15.1 Å². The Morgan fingerprint density at radius 1 is 1.46 bits per heavy atom. The number of carboxylic acid groups (broad SMARTS) is 1. The molecule has 0 aromatic carbocycles. The lowest BCUT2D eigenvalue weighted by Gasteiger charge is -2.31. The molecular formula is C15H20F3N3O3. The van der Waals surface area contributed by atoms with Crippen LogP contribution in [0.2, 0.25) is 0 Å². The van der Waals surface area contributed by atoms with Crippen LogP contribution in [0.15, 0.2) is 6.20 Å². The molecule has 2 saturated heterocycles. The van der Waals surface area contributed by atoms with Crippen molar-refractivity contribution in [2.75, 3.05) is 19.8 Å². The molecule has 2 N–H and O–H groups in total. The summed E-state index contributed by atoms with van der Waals surface area (Å²) in [6.07, 6.45) is -0.426. The zero-order valence-corrected chi connectivity index (χ0v) is 13.2. The predicted octanol–water partition coefficient (Wildman–Crippen LogP) is 1.86. The monoisotopic (exact) mass is 347 g/mol. The van der Waals surface area contributed by atoms with Crippen molar-refractivity contribution in [3.63, 3.8) is 0 Å². The molecule has 0 radical (unpaired) electrons. The maximum atomic E-state index is 10.6. The number of alkyl halides is 3. The maximum absolute atomic E-state index is 10.6. The number of ether oxygens (including phenoxy) is 1. The lowest BCUT2D eigenvalue weighted by atomic mass is 9.90. The number of hydrogen-bond acceptors (Lipinski definition) is 4. The molecule has 0 spiro atoms. The first-order valence-electron chi connectivity index (χ1n) is 7.94. The Labute approximate surface area is 137 Å². The van der Waals surface area contributed by atoms with E-state index in [0.717, 1.165) is 37.6 Å². The molecule has 3 aliphatic rings. The van der Waals surface area contributed by atoms with Crippen LogP contribution in [0, 0.1) is 12.8 Å². The van der Waals surface area contributed by atoms with Crippen molar-refractivity contribution in [2.24, 2.45) is 5.92 Å². The molecule has 1 aliphatic carbocycles. The van der Waals surface area contributed by atoms with Crippen LogP contribution in [0.4, 0.5) is 13.2 Å². The highest BCUT2D eigenvalue weighted by atomic mass is 19.4. The zero-order valence-electron chi connectivity index (χ0n) is 13.2. The highest BCUT2D eigenvalue weighted by Gasteiger charge is 2.47. The van der Waals surface area contributed by atoms with E-state index in [2.05, 4.69) is 22.0 Å². The van der Waals surface area contributed by atoms with Gasteiger partial charge in [-0.05, 0) is 37.8 Å². The van der Waals surface area contributed by atoms with Crippen LogP contribution in [-0.4, -0.2) is 52.8 Å². The van der Waals surface area contributed by atoms with Gasteiger partial charge in [0.25, 0.3) is 0 Å². The van der Waals surface area contributed by atoms with Crippen LogP contribution < -0.4 is 5.32 Å². The summed E-state index contributed by atoms with van der Waals surface area (Å²) in [5, 5.41) is 15.3. The van der Waals surface area contributed by atoms with Crippen molar-refractivity contribution in [3.8, 4) is 0 Å². The van der Waals surface area contributed by atoms with Gasteiger partial charge < -0.3 is 15.2 Å². The van der Waals surface area contributed by atoms with Crippen LogP contribution in [0.5, 0.6) is 0 Å². The van der Waals surface area contributed by atoms with E-state index in [4.69, 9.17) is 14.6 Å². The third-order valence-electron chi connectivity index (χ3n) is 4.81. The third-order valence-corrected chi connectivity index (χ3v) is 4.81. The second-order valence-electron chi connectivity index (χ2n) is 6.51. The normalized spacial score (nSPS) is 29.1. The van der Waals surface area contributed by atoms with Gasteiger partial charge in [-0.3, -0.25) is 4.68 Å². The maximum Gasteiger partial charge on any atom is 0.490 e. The summed E-state index contributed by atoms with van der Waals surface area (Å²) in [5.41, 5.74) is 2.86. The third kappa shape index (κ3) is 3.41. The number of nitrogens with zero attached hydrogens (tertiary/aromatic N) is 2. The van der Waals surface area contributed by atoms with Crippen molar-refractivity contribution in [1.29, 1.82) is 0 Å². The number of rotatable bonds is 2. The molecule has 1 saturated carbocycles. The molecule has 4 rings (SSSR count). The Hall–Kier alpha value is -1.61. The van der Waals surface area contributed by atoms with Gasteiger partial charge in [0, 0.05) is 17.7 Å². The van der Waals surface area contributed by atoms with Gasteiger partial charge >= 0.3 is 12.1 Å². The minimum absolute atomic E-state index is 0.491. The summed E-state index contributed by atoms with van der Waals surface area (Å²) < 4.78 is 39.3. The number of fused-ring (bicyclic) bond motifs is 1. The molecule has 0 bridgehead atoms. The van der Waals surface area contributed by atoms with Crippen molar-refractivity contribution < 1.29 is 27.8 Å². The van der Waals surface area contributed by atoms with Gasteiger partial charge in [0.15, 0.2) is 0 Å². The average molecular weight is 347 g/mol. The average Bonchev–Trinajstić information content (AvgIpc) is 3.15. The largest absolute Gasteiger partial charge is 0.490 e. The summed E-state index contributed by atoms with van der Waals surface area (Å²) >= 11 is 0. The van der Waals surface area contributed by atoms with E-state index in [1.54, 1.807) is 0 Å². The fraction of sp³-hybridized carbons (Fsp3) is 0.733. The van der Waals surface area contributed by atoms with Gasteiger partial charge in [-0.1, -0.05) is 0 Å². The molecule has 2 aliphatic heterocycles. The Bertz CT molecular complexity index is 613. The minimum atomic E-state index is -5.08. The van der Waals surface area contributed by atoms with Crippen LogP contribution in [0.3, 0.4) is 0 Å². The number of nitrogens with one attached hydrogen (secondary N) is 1. The molecule has 3 atom stereocenters. The second-order valence-corrected chi connectivity index (χ2v) is 6.51. The Kier molecular flexibility index (Phi) is 4.56. The molecule has 3 heterocycles. The number of carbonyl (C=O) groups is 1. The van der Waals surface area contributed by atoms with Crippen LogP contribution >= 0.6 is 0 Å². The number of aryl methyl sites for hydroxylation is 1. The number of piperidine rings is 1. The fourth-order valence-corrected chi connectivity index (χ4v) is 3.45. The van der Waals surface area contributed by atoms with E-state index in [1.807, 2.05) is 6.20 Å². The van der Waals surface area contributed by atoms with Crippen LogP contribution in [0.25, 0.3) is 0 Å². The summed E-state index contributed by atoms with van der Waals surface area (Å²) in [6, 6.07) is 1.28. The topological polar surface area (TPSA) is 76.4 Å². The Morgan fingerprint density at radius 3 is 2.67 bits per heavy atom. The van der Waals surface area contributed by atoms with Gasteiger partial charge in [-0.15, -0.1) is 0 Å². The van der Waals surface area contributed by atoms with E-state index in [-0.39, 0.29) is 0 Å². The lowest BCUT2D eigenvalue weighted by Crippen LogP contribution is -2.35. The Balaban J connectivity index is 0.000000209.